The minimum atomic E-state index is -3.04. The summed E-state index contributed by atoms with van der Waals surface area (Å²) < 4.78 is 95.0. The molecule has 0 bridgehead atoms. The quantitative estimate of drug-likeness (QED) is 0.105. The molecule has 0 saturated heterocycles. The van der Waals surface area contributed by atoms with Crippen LogP contribution in [0.5, 0.6) is 5.75 Å². The predicted molar refractivity (Wildman–Crippen MR) is 302 cm³/mol. The number of halogens is 8. The second kappa shape index (κ2) is 22.0. The first-order valence-electron chi connectivity index (χ1n) is 24.1. The first-order valence-corrected chi connectivity index (χ1v) is 27.3. The van der Waals surface area contributed by atoms with Gasteiger partial charge >= 0.3 is 0 Å². The maximum atomic E-state index is 15.9. The summed E-state index contributed by atoms with van der Waals surface area (Å²) >= 11 is 15.0. The smallest absolute Gasteiger partial charge is 0.276 e. The Bertz CT molecular complexity index is 4220. The zero-order chi connectivity index (χ0) is 58.6. The molecule has 0 radical (unpaired) electrons. The fourth-order valence-electron chi connectivity index (χ4n) is 9.47. The lowest BCUT2D eigenvalue weighted by Crippen LogP contribution is -2.47. The van der Waals surface area contributed by atoms with E-state index >= 15 is 13.2 Å². The lowest BCUT2D eigenvalue weighted by atomic mass is 9.82. The topological polar surface area (TPSA) is 172 Å². The van der Waals surface area contributed by atoms with E-state index in [1.807, 2.05) is 6.07 Å². The van der Waals surface area contributed by atoms with Gasteiger partial charge in [-0.05, 0) is 72.1 Å². The molecule has 3 aliphatic rings. The Morgan fingerprint density at radius 1 is 0.476 bits per heavy atom. The molecule has 22 heteroatoms. The van der Waals surface area contributed by atoms with Gasteiger partial charge in [-0.15, -0.1) is 22.7 Å². The van der Waals surface area contributed by atoms with Crippen LogP contribution in [0.25, 0.3) is 33.4 Å². The fraction of sp³-hybridized carbons (Fsp3) is 0.0833. The Balaban J connectivity index is 0.000000138. The highest BCUT2D eigenvalue weighted by Gasteiger charge is 2.57. The highest BCUT2D eigenvalue weighted by Crippen LogP contribution is 2.53. The molecule has 6 aromatic carbocycles. The van der Waals surface area contributed by atoms with Crippen LogP contribution < -0.4 is 20.7 Å². The number of nitrogens with zero attached hydrogens (tertiary/aromatic N) is 1. The average Bonchev–Trinajstić information content (AvgIpc) is 2.03. The number of Topliss-reactive ketones (excluding diaryl/α,β-unsaturated/α-hetero) is 3. The van der Waals surface area contributed by atoms with E-state index in [0.717, 1.165) is 28.7 Å². The lowest BCUT2D eigenvalue weighted by Gasteiger charge is -2.28. The molecule has 0 spiro atoms. The predicted octanol–water partition coefficient (Wildman–Crippen LogP) is 15.2. The monoisotopic (exact) mass is 1200 g/mol. The first-order chi connectivity index (χ1) is 39.1. The zero-order valence-electron chi connectivity index (χ0n) is 42.0. The molecule has 9 aromatic rings. The Kier molecular flexibility index (Phi) is 15.2. The number of hydrogen-bond donors (Lipinski definition) is 3. The van der Waals surface area contributed by atoms with E-state index in [1.165, 1.54) is 104 Å². The summed E-state index contributed by atoms with van der Waals surface area (Å²) in [6.07, 6.45) is 0. The molecule has 3 N–H and O–H groups in total. The Morgan fingerprint density at radius 3 is 1.37 bits per heavy atom. The molecule has 82 heavy (non-hydrogen) atoms. The third-order valence-electron chi connectivity index (χ3n) is 13.4. The van der Waals surface area contributed by atoms with Crippen molar-refractivity contribution in [3.63, 3.8) is 0 Å². The third kappa shape index (κ3) is 9.63. The summed E-state index contributed by atoms with van der Waals surface area (Å²) in [6.45, 7) is 1.74. The summed E-state index contributed by atoms with van der Waals surface area (Å²) in [5, 5.41) is 15.8. The van der Waals surface area contributed by atoms with Crippen molar-refractivity contribution in [1.82, 2.24) is 0 Å². The number of nitrogens with one attached hydrogen (secondary N) is 3. The molecule has 11 nitrogen and oxygen atoms in total. The Hall–Kier alpha value is -8.71. The van der Waals surface area contributed by atoms with Crippen LogP contribution in [0.1, 0.15) is 58.9 Å². The lowest BCUT2D eigenvalue weighted by molar-refractivity contribution is -0.126. The van der Waals surface area contributed by atoms with E-state index in [4.69, 9.17) is 33.2 Å². The molecule has 3 amide bonds. The van der Waals surface area contributed by atoms with E-state index in [9.17, 15) is 41.9 Å². The van der Waals surface area contributed by atoms with E-state index in [1.54, 1.807) is 55.5 Å². The fourth-order valence-corrected chi connectivity index (χ4v) is 13.2. The van der Waals surface area contributed by atoms with Crippen LogP contribution in [0, 0.1) is 35.0 Å². The first kappa shape index (κ1) is 56.6. The van der Waals surface area contributed by atoms with Crippen LogP contribution in [0.2, 0.25) is 8.67 Å². The van der Waals surface area contributed by atoms with Crippen molar-refractivity contribution >= 4 is 107 Å². The van der Waals surface area contributed by atoms with E-state index in [-0.39, 0.29) is 79.3 Å². The highest BCUT2D eigenvalue weighted by atomic mass is 35.5. The molecule has 3 aromatic heterocycles. The standard InChI is InChI=1S/C20H9ClF2N2O2S.C20H12ClF2NO2S.C20H13F2NO3S/c21-17-14(11-4-2-6-13(22)8-11)15-16(26)20(23,19(27)25-18(15)28-17)12-5-1-3-10(7-12)9-24;1-10-4-2-6-12(8-10)20(23)16(25)15-14(11-5-3-7-13(22)9-11)17(21)27-18(15)24-19(20)26;1-26-13-9-5-6-11(10-13)14-15-16(24)20(22,12-7-3-2-4-8-12)19(25)23-18(15)27-17(14)21/h1-8H,(H,25,27);2-9H,1H3,(H,24,26);2-10H,1H3,(H,23,25). The van der Waals surface area contributed by atoms with Crippen LogP contribution in [-0.4, -0.2) is 42.2 Å². The number of fused-ring (bicyclic) bond motifs is 3. The van der Waals surface area contributed by atoms with Gasteiger partial charge in [0.1, 0.15) is 41.1 Å². The Labute approximate surface area is 483 Å². The molecular weight excluding hydrogens is 1170 g/mol. The van der Waals surface area contributed by atoms with Gasteiger partial charge in [-0.2, -0.15) is 9.65 Å². The van der Waals surface area contributed by atoms with Crippen molar-refractivity contribution in [3.8, 4) is 45.2 Å². The number of alkyl halides is 3. The van der Waals surface area contributed by atoms with Crippen molar-refractivity contribution in [1.29, 1.82) is 5.26 Å². The van der Waals surface area contributed by atoms with Crippen LogP contribution >= 0.6 is 57.2 Å². The number of benzene rings is 6. The van der Waals surface area contributed by atoms with Gasteiger partial charge in [0.25, 0.3) is 34.7 Å². The van der Waals surface area contributed by atoms with Crippen LogP contribution in [-0.2, 0) is 31.4 Å². The van der Waals surface area contributed by atoms with Gasteiger partial charge in [0.05, 0.1) is 35.4 Å². The summed E-state index contributed by atoms with van der Waals surface area (Å²) in [7, 11) is 1.46. The normalized spacial score (nSPS) is 18.7. The van der Waals surface area contributed by atoms with Gasteiger partial charge in [-0.3, -0.25) is 28.8 Å². The number of ether oxygens (including phenoxy) is 1. The van der Waals surface area contributed by atoms with E-state index in [0.29, 0.717) is 39.3 Å². The summed E-state index contributed by atoms with van der Waals surface area (Å²) in [6, 6.07) is 38.0. The summed E-state index contributed by atoms with van der Waals surface area (Å²) in [5.41, 5.74) is -7.43. The number of amides is 3. The zero-order valence-corrected chi connectivity index (χ0v) is 45.9. The molecule has 12 rings (SSSR count). The van der Waals surface area contributed by atoms with Crippen LogP contribution in [0.3, 0.4) is 0 Å². The van der Waals surface area contributed by atoms with Gasteiger partial charge in [0, 0.05) is 33.4 Å². The van der Waals surface area contributed by atoms with Crippen molar-refractivity contribution in [2.24, 2.45) is 0 Å². The van der Waals surface area contributed by atoms with E-state index < -0.39 is 68.8 Å². The molecule has 3 aliphatic heterocycles. The molecule has 3 unspecified atom stereocenters. The number of aryl methyl sites for hydroxylation is 1. The number of anilines is 3. The number of rotatable bonds is 7. The minimum absolute atomic E-state index is 0.00419. The average molecular weight is 1200 g/mol. The molecular formula is C60H34Cl2F6N4O7S3. The third-order valence-corrected chi connectivity index (χ3v) is 16.9. The number of hydrogen-bond acceptors (Lipinski definition) is 11. The van der Waals surface area contributed by atoms with Crippen molar-refractivity contribution in [2.75, 3.05) is 23.1 Å². The second-order valence-electron chi connectivity index (χ2n) is 18.4. The Morgan fingerprint density at radius 2 is 0.890 bits per heavy atom. The molecule has 0 fully saturated rings. The molecule has 3 atom stereocenters. The minimum Gasteiger partial charge on any atom is -0.497 e. The van der Waals surface area contributed by atoms with Gasteiger partial charge in [-0.1, -0.05) is 143 Å². The van der Waals surface area contributed by atoms with Crippen LogP contribution in [0.15, 0.2) is 152 Å². The van der Waals surface area contributed by atoms with Crippen molar-refractivity contribution in [3.05, 3.63) is 222 Å². The SMILES string of the molecule is COc1cccc(-c2c(F)sc3c2C(=O)C(F)(c2ccccc2)C(=O)N3)c1.Cc1cccc(C2(F)C(=O)Nc3sc(Cl)c(-c4cccc(F)c4)c3C2=O)c1.N#Cc1cccc(C2(F)C(=O)Nc3sc(Cl)c(-c4cccc(F)c4)c3C2=O)c1. The maximum absolute atomic E-state index is 15.9. The highest BCUT2D eigenvalue weighted by molar-refractivity contribution is 7.22. The van der Waals surface area contributed by atoms with Gasteiger partial charge < -0.3 is 20.7 Å². The summed E-state index contributed by atoms with van der Waals surface area (Å²) in [4.78, 5) is 76.9. The number of carbonyl (C=O) groups is 6. The largest absolute Gasteiger partial charge is 0.497 e. The van der Waals surface area contributed by atoms with Crippen molar-refractivity contribution in [2.45, 2.75) is 23.9 Å². The molecule has 410 valence electrons. The van der Waals surface area contributed by atoms with Gasteiger partial charge in [0.2, 0.25) is 17.3 Å². The molecule has 0 aliphatic carbocycles. The van der Waals surface area contributed by atoms with Gasteiger partial charge in [-0.25, -0.2) is 22.0 Å². The van der Waals surface area contributed by atoms with E-state index in [2.05, 4.69) is 16.0 Å². The number of ketones is 3. The number of nitriles is 1. The van der Waals surface area contributed by atoms with Crippen LogP contribution in [0.4, 0.5) is 41.3 Å². The number of thiophene rings is 3. The maximum Gasteiger partial charge on any atom is 0.276 e. The van der Waals surface area contributed by atoms with Gasteiger partial charge in [0.15, 0.2) is 5.13 Å². The molecule has 6 heterocycles. The second-order valence-corrected chi connectivity index (χ2v) is 22.6. The number of carbonyl (C=O) groups excluding carboxylic acids is 6. The van der Waals surface area contributed by atoms with Crippen molar-refractivity contribution < 1.29 is 59.8 Å². The number of methoxy groups -OCH3 is 1. The summed E-state index contributed by atoms with van der Waals surface area (Å²) in [5.74, 6) is -7.13. The molecule has 0 saturated carbocycles.